The van der Waals surface area contributed by atoms with Crippen LogP contribution in [0.15, 0.2) is 71.3 Å². The molecular formula is C23H22N2O5. The fourth-order valence-corrected chi connectivity index (χ4v) is 2.81. The van der Waals surface area contributed by atoms with Crippen LogP contribution < -0.4 is 10.2 Å². The van der Waals surface area contributed by atoms with Crippen LogP contribution in [-0.2, 0) is 9.53 Å². The van der Waals surface area contributed by atoms with Crippen molar-refractivity contribution in [1.29, 1.82) is 0 Å². The van der Waals surface area contributed by atoms with Crippen LogP contribution in [0.5, 0.6) is 0 Å². The van der Waals surface area contributed by atoms with Crippen LogP contribution in [0, 0.1) is 6.92 Å². The van der Waals surface area contributed by atoms with E-state index in [1.165, 1.54) is 24.2 Å². The third-order valence-electron chi connectivity index (χ3n) is 4.57. The first-order valence-corrected chi connectivity index (χ1v) is 9.36. The number of anilines is 2. The molecule has 1 aromatic heterocycles. The minimum Gasteiger partial charge on any atom is -0.459 e. The molecule has 1 N–H and O–H groups in total. The molecular weight excluding hydrogens is 384 g/mol. The molecule has 0 saturated heterocycles. The monoisotopic (exact) mass is 406 g/mol. The van der Waals surface area contributed by atoms with Gasteiger partial charge >= 0.3 is 5.97 Å². The first-order chi connectivity index (χ1) is 14.4. The number of carbonyl (C=O) groups is 3. The molecule has 1 heterocycles. The van der Waals surface area contributed by atoms with Gasteiger partial charge in [-0.15, -0.1) is 0 Å². The normalized spacial score (nSPS) is 11.4. The highest BCUT2D eigenvalue weighted by Gasteiger charge is 2.23. The lowest BCUT2D eigenvalue weighted by molar-refractivity contribution is -0.126. The Kier molecular flexibility index (Phi) is 6.32. The number of carbonyl (C=O) groups excluding carboxylic acids is 3. The van der Waals surface area contributed by atoms with Crippen LogP contribution >= 0.6 is 0 Å². The fourth-order valence-electron chi connectivity index (χ4n) is 2.81. The number of benzene rings is 2. The summed E-state index contributed by atoms with van der Waals surface area (Å²) in [5, 5.41) is 2.71. The number of esters is 1. The van der Waals surface area contributed by atoms with E-state index in [2.05, 4.69) is 5.32 Å². The van der Waals surface area contributed by atoms with Gasteiger partial charge in [0, 0.05) is 18.4 Å². The van der Waals surface area contributed by atoms with Crippen molar-refractivity contribution in [2.24, 2.45) is 0 Å². The van der Waals surface area contributed by atoms with E-state index in [0.29, 0.717) is 11.4 Å². The summed E-state index contributed by atoms with van der Waals surface area (Å²) in [6, 6.07) is 17.0. The second-order valence-electron chi connectivity index (χ2n) is 6.74. The third kappa shape index (κ3) is 4.75. The number of hydrogen-bond acceptors (Lipinski definition) is 5. The van der Waals surface area contributed by atoms with Gasteiger partial charge in [-0.05, 0) is 55.8 Å². The Balaban J connectivity index is 1.69. The summed E-state index contributed by atoms with van der Waals surface area (Å²) in [4.78, 5) is 38.8. The minimum atomic E-state index is -0.981. The van der Waals surface area contributed by atoms with E-state index >= 15 is 0 Å². The summed E-state index contributed by atoms with van der Waals surface area (Å²) in [5.41, 5.74) is 2.13. The second-order valence-corrected chi connectivity index (χ2v) is 6.74. The number of para-hydroxylation sites is 1. The van der Waals surface area contributed by atoms with Crippen molar-refractivity contribution in [3.63, 3.8) is 0 Å². The summed E-state index contributed by atoms with van der Waals surface area (Å²) in [7, 11) is 1.62. The van der Waals surface area contributed by atoms with Crippen LogP contribution in [0.25, 0.3) is 0 Å². The number of nitrogens with one attached hydrogen (secondary N) is 1. The summed E-state index contributed by atoms with van der Waals surface area (Å²) in [5.74, 6) is -1.29. The zero-order valence-corrected chi connectivity index (χ0v) is 16.9. The fraction of sp³-hybridized carbons (Fsp3) is 0.174. The zero-order valence-electron chi connectivity index (χ0n) is 16.9. The smallest absolute Gasteiger partial charge is 0.338 e. The number of furan rings is 1. The van der Waals surface area contributed by atoms with Crippen molar-refractivity contribution in [2.45, 2.75) is 20.0 Å². The van der Waals surface area contributed by atoms with Gasteiger partial charge in [0.2, 0.25) is 0 Å². The summed E-state index contributed by atoms with van der Waals surface area (Å²) >= 11 is 0. The summed E-state index contributed by atoms with van der Waals surface area (Å²) in [6.45, 7) is 3.32. The summed E-state index contributed by atoms with van der Waals surface area (Å²) < 4.78 is 10.4. The second kappa shape index (κ2) is 9.09. The van der Waals surface area contributed by atoms with Gasteiger partial charge in [0.05, 0.1) is 11.8 Å². The van der Waals surface area contributed by atoms with Crippen molar-refractivity contribution >= 4 is 29.2 Å². The topological polar surface area (TPSA) is 88.9 Å². The Morgan fingerprint density at radius 3 is 2.43 bits per heavy atom. The number of rotatable bonds is 6. The van der Waals surface area contributed by atoms with E-state index in [4.69, 9.17) is 9.15 Å². The Morgan fingerprint density at radius 1 is 1.03 bits per heavy atom. The SMILES string of the molecule is Cc1ccc(C(=O)OC(C)C(=O)N(C)c2ccccc2)cc1NC(=O)c1ccco1. The number of amides is 2. The molecule has 0 aliphatic rings. The average molecular weight is 406 g/mol. The first kappa shape index (κ1) is 20.9. The molecule has 7 heteroatoms. The van der Waals surface area contributed by atoms with Gasteiger partial charge in [-0.3, -0.25) is 9.59 Å². The number of likely N-dealkylation sites (N-methyl/N-ethyl adjacent to an activating group) is 1. The van der Waals surface area contributed by atoms with E-state index in [1.807, 2.05) is 18.2 Å². The van der Waals surface area contributed by atoms with E-state index in [0.717, 1.165) is 5.56 Å². The Labute approximate surface area is 174 Å². The molecule has 1 atom stereocenters. The molecule has 0 aliphatic heterocycles. The predicted molar refractivity (Wildman–Crippen MR) is 113 cm³/mol. The van der Waals surface area contributed by atoms with Gasteiger partial charge in [-0.1, -0.05) is 24.3 Å². The van der Waals surface area contributed by atoms with E-state index in [9.17, 15) is 14.4 Å². The lowest BCUT2D eigenvalue weighted by Gasteiger charge is -2.21. The zero-order chi connectivity index (χ0) is 21.7. The van der Waals surface area contributed by atoms with Crippen molar-refractivity contribution in [2.75, 3.05) is 17.3 Å². The van der Waals surface area contributed by atoms with Crippen molar-refractivity contribution in [3.8, 4) is 0 Å². The van der Waals surface area contributed by atoms with Gasteiger partial charge < -0.3 is 19.4 Å². The Bertz CT molecular complexity index is 1040. The number of aryl methyl sites for hydroxylation is 1. The lowest BCUT2D eigenvalue weighted by Crippen LogP contribution is -2.37. The molecule has 2 amide bonds. The van der Waals surface area contributed by atoms with Gasteiger partial charge in [-0.2, -0.15) is 0 Å². The van der Waals surface area contributed by atoms with Crippen molar-refractivity contribution < 1.29 is 23.5 Å². The van der Waals surface area contributed by atoms with Crippen LogP contribution in [0.1, 0.15) is 33.4 Å². The molecule has 1 unspecified atom stereocenters. The largest absolute Gasteiger partial charge is 0.459 e. The first-order valence-electron chi connectivity index (χ1n) is 9.36. The van der Waals surface area contributed by atoms with Gasteiger partial charge in [0.15, 0.2) is 11.9 Å². The maximum absolute atomic E-state index is 12.6. The lowest BCUT2D eigenvalue weighted by atomic mass is 10.1. The van der Waals surface area contributed by atoms with Gasteiger partial charge in [0.25, 0.3) is 11.8 Å². The molecule has 0 spiro atoms. The molecule has 7 nitrogen and oxygen atoms in total. The number of ether oxygens (including phenoxy) is 1. The van der Waals surface area contributed by atoms with Crippen molar-refractivity contribution in [3.05, 3.63) is 83.8 Å². The predicted octanol–water partition coefficient (Wildman–Crippen LogP) is 4.05. The maximum Gasteiger partial charge on any atom is 0.338 e. The van der Waals surface area contributed by atoms with Crippen LogP contribution in [0.3, 0.4) is 0 Å². The Morgan fingerprint density at radius 2 is 1.77 bits per heavy atom. The molecule has 2 aromatic carbocycles. The molecule has 3 aromatic rings. The molecule has 154 valence electrons. The highest BCUT2D eigenvalue weighted by atomic mass is 16.5. The molecule has 0 radical (unpaired) electrons. The Hall–Kier alpha value is -3.87. The van der Waals surface area contributed by atoms with E-state index in [-0.39, 0.29) is 17.2 Å². The van der Waals surface area contributed by atoms with Crippen LogP contribution in [-0.4, -0.2) is 30.9 Å². The van der Waals surface area contributed by atoms with Gasteiger partial charge in [0.1, 0.15) is 0 Å². The molecule has 0 bridgehead atoms. The minimum absolute atomic E-state index is 0.158. The highest BCUT2D eigenvalue weighted by molar-refractivity contribution is 6.04. The standard InChI is InChI=1S/C23H22N2O5/c1-15-11-12-17(14-19(15)24-21(26)20-10-7-13-29-20)23(28)30-16(2)22(27)25(3)18-8-5-4-6-9-18/h4-14,16H,1-3H3,(H,24,26). The molecule has 0 aliphatic carbocycles. The van der Waals surface area contributed by atoms with E-state index in [1.54, 1.807) is 50.4 Å². The van der Waals surface area contributed by atoms with E-state index < -0.39 is 18.0 Å². The third-order valence-corrected chi connectivity index (χ3v) is 4.57. The number of nitrogens with zero attached hydrogens (tertiary/aromatic N) is 1. The van der Waals surface area contributed by atoms with Crippen molar-refractivity contribution in [1.82, 2.24) is 0 Å². The van der Waals surface area contributed by atoms with Crippen LogP contribution in [0.4, 0.5) is 11.4 Å². The molecule has 0 fully saturated rings. The van der Waals surface area contributed by atoms with Crippen LogP contribution in [0.2, 0.25) is 0 Å². The number of hydrogen-bond donors (Lipinski definition) is 1. The maximum atomic E-state index is 12.6. The highest BCUT2D eigenvalue weighted by Crippen LogP contribution is 2.20. The van der Waals surface area contributed by atoms with Gasteiger partial charge in [-0.25, -0.2) is 4.79 Å². The summed E-state index contributed by atoms with van der Waals surface area (Å²) in [6.07, 6.45) is 0.422. The quantitative estimate of drug-likeness (QED) is 0.624. The molecule has 3 rings (SSSR count). The molecule has 0 saturated carbocycles. The molecule has 30 heavy (non-hydrogen) atoms. The average Bonchev–Trinajstić information content (AvgIpc) is 3.29.